The first-order valence-electron chi connectivity index (χ1n) is 6.40. The van der Waals surface area contributed by atoms with Gasteiger partial charge in [-0.25, -0.2) is 0 Å². The Kier molecular flexibility index (Phi) is 8.26. The number of nitrogens with one attached hydrogen (secondary N) is 2. The van der Waals surface area contributed by atoms with Gasteiger partial charge >= 0.3 is 0 Å². The summed E-state index contributed by atoms with van der Waals surface area (Å²) in [6.45, 7) is 10.6. The summed E-state index contributed by atoms with van der Waals surface area (Å²) in [6, 6.07) is 0. The van der Waals surface area contributed by atoms with Gasteiger partial charge in [0.15, 0.2) is 0 Å². The minimum atomic E-state index is 0.182. The van der Waals surface area contributed by atoms with Gasteiger partial charge in [0.2, 0.25) is 5.91 Å². The Bertz CT molecular complexity index is 182. The fourth-order valence-electron chi connectivity index (χ4n) is 1.99. The van der Waals surface area contributed by atoms with Crippen molar-refractivity contribution in [2.75, 3.05) is 20.1 Å². The summed E-state index contributed by atoms with van der Waals surface area (Å²) in [6.07, 6.45) is 1.54. The summed E-state index contributed by atoms with van der Waals surface area (Å²) >= 11 is 0. The average Bonchev–Trinajstić information content (AvgIpc) is 2.17. The van der Waals surface area contributed by atoms with E-state index in [1.807, 2.05) is 7.05 Å². The van der Waals surface area contributed by atoms with E-state index in [-0.39, 0.29) is 5.91 Å². The number of hydrogen-bond donors (Lipinski definition) is 2. The lowest BCUT2D eigenvalue weighted by molar-refractivity contribution is -0.121. The standard InChI is InChI=1S/C13H28N2O/c1-10(2)12(11(3)4)9-15-13(16)7-6-8-14-5/h10-12,14H,6-9H2,1-5H3,(H,15,16). The van der Waals surface area contributed by atoms with E-state index in [1.165, 1.54) is 0 Å². The first-order valence-corrected chi connectivity index (χ1v) is 6.40. The molecule has 0 saturated heterocycles. The normalized spacial score (nSPS) is 11.5. The molecule has 0 unspecified atom stereocenters. The second kappa shape index (κ2) is 8.57. The Morgan fingerprint density at radius 3 is 2.12 bits per heavy atom. The molecule has 0 aromatic carbocycles. The molecule has 3 heteroatoms. The van der Waals surface area contributed by atoms with Crippen LogP contribution in [0.1, 0.15) is 40.5 Å². The molecule has 3 nitrogen and oxygen atoms in total. The Morgan fingerprint density at radius 2 is 1.69 bits per heavy atom. The van der Waals surface area contributed by atoms with Crippen LogP contribution >= 0.6 is 0 Å². The molecular weight excluding hydrogens is 200 g/mol. The van der Waals surface area contributed by atoms with Crippen molar-refractivity contribution in [3.05, 3.63) is 0 Å². The van der Waals surface area contributed by atoms with Gasteiger partial charge in [-0.15, -0.1) is 0 Å². The number of rotatable bonds is 8. The summed E-state index contributed by atoms with van der Waals surface area (Å²) in [5.74, 6) is 2.00. The quantitative estimate of drug-likeness (QED) is 0.624. The van der Waals surface area contributed by atoms with Crippen LogP contribution < -0.4 is 10.6 Å². The van der Waals surface area contributed by atoms with Crippen LogP contribution in [0.3, 0.4) is 0 Å². The molecule has 0 bridgehead atoms. The predicted molar refractivity (Wildman–Crippen MR) is 69.3 cm³/mol. The first kappa shape index (κ1) is 15.4. The van der Waals surface area contributed by atoms with Gasteiger partial charge < -0.3 is 10.6 Å². The van der Waals surface area contributed by atoms with Crippen LogP contribution in [0.5, 0.6) is 0 Å². The molecule has 16 heavy (non-hydrogen) atoms. The SMILES string of the molecule is CNCCCC(=O)NCC(C(C)C)C(C)C. The zero-order valence-electron chi connectivity index (χ0n) is 11.5. The fourth-order valence-corrected chi connectivity index (χ4v) is 1.99. The van der Waals surface area contributed by atoms with Gasteiger partial charge in [-0.05, 0) is 37.8 Å². The van der Waals surface area contributed by atoms with Crippen LogP contribution in [0.4, 0.5) is 0 Å². The molecule has 0 aliphatic rings. The van der Waals surface area contributed by atoms with Gasteiger partial charge in [0.25, 0.3) is 0 Å². The second-order valence-corrected chi connectivity index (χ2v) is 5.16. The number of carbonyl (C=O) groups is 1. The fraction of sp³-hybridized carbons (Fsp3) is 0.923. The summed E-state index contributed by atoms with van der Waals surface area (Å²) in [4.78, 5) is 11.5. The molecule has 0 atom stereocenters. The Labute approximate surface area is 100 Å². The van der Waals surface area contributed by atoms with Gasteiger partial charge in [-0.2, -0.15) is 0 Å². The number of hydrogen-bond acceptors (Lipinski definition) is 2. The molecule has 0 rings (SSSR count). The van der Waals surface area contributed by atoms with Crippen molar-refractivity contribution < 1.29 is 4.79 Å². The molecule has 0 saturated carbocycles. The highest BCUT2D eigenvalue weighted by atomic mass is 16.1. The largest absolute Gasteiger partial charge is 0.356 e. The van der Waals surface area contributed by atoms with Crippen molar-refractivity contribution in [2.45, 2.75) is 40.5 Å². The van der Waals surface area contributed by atoms with E-state index in [0.717, 1.165) is 19.5 Å². The van der Waals surface area contributed by atoms with Crippen LogP contribution in [0.15, 0.2) is 0 Å². The van der Waals surface area contributed by atoms with E-state index in [2.05, 4.69) is 38.3 Å². The van der Waals surface area contributed by atoms with Crippen molar-refractivity contribution in [1.82, 2.24) is 10.6 Å². The molecular formula is C13H28N2O. The zero-order valence-corrected chi connectivity index (χ0v) is 11.5. The van der Waals surface area contributed by atoms with Crippen LogP contribution in [-0.4, -0.2) is 26.0 Å². The van der Waals surface area contributed by atoms with E-state index in [0.29, 0.717) is 24.2 Å². The molecule has 0 fully saturated rings. The highest BCUT2D eigenvalue weighted by Crippen LogP contribution is 2.19. The third kappa shape index (κ3) is 6.83. The maximum absolute atomic E-state index is 11.5. The van der Waals surface area contributed by atoms with E-state index in [4.69, 9.17) is 0 Å². The molecule has 1 amide bonds. The maximum atomic E-state index is 11.5. The number of carbonyl (C=O) groups excluding carboxylic acids is 1. The van der Waals surface area contributed by atoms with E-state index in [9.17, 15) is 4.79 Å². The van der Waals surface area contributed by atoms with Crippen LogP contribution in [0.25, 0.3) is 0 Å². The number of amides is 1. The van der Waals surface area contributed by atoms with Crippen LogP contribution in [-0.2, 0) is 4.79 Å². The van der Waals surface area contributed by atoms with E-state index in [1.54, 1.807) is 0 Å². The van der Waals surface area contributed by atoms with Crippen molar-refractivity contribution in [2.24, 2.45) is 17.8 Å². The predicted octanol–water partition coefficient (Wildman–Crippen LogP) is 2.03. The van der Waals surface area contributed by atoms with Crippen LogP contribution in [0.2, 0.25) is 0 Å². The zero-order chi connectivity index (χ0) is 12.6. The molecule has 96 valence electrons. The molecule has 0 heterocycles. The van der Waals surface area contributed by atoms with E-state index < -0.39 is 0 Å². The van der Waals surface area contributed by atoms with Gasteiger partial charge in [0.05, 0.1) is 0 Å². The Balaban J connectivity index is 3.79. The molecule has 0 aliphatic carbocycles. The molecule has 0 spiro atoms. The molecule has 0 aliphatic heterocycles. The van der Waals surface area contributed by atoms with Gasteiger partial charge in [-0.3, -0.25) is 4.79 Å². The minimum Gasteiger partial charge on any atom is -0.356 e. The molecule has 0 radical (unpaired) electrons. The highest BCUT2D eigenvalue weighted by molar-refractivity contribution is 5.75. The van der Waals surface area contributed by atoms with E-state index >= 15 is 0 Å². The van der Waals surface area contributed by atoms with Gasteiger partial charge in [0, 0.05) is 13.0 Å². The monoisotopic (exact) mass is 228 g/mol. The van der Waals surface area contributed by atoms with Crippen LogP contribution in [0, 0.1) is 17.8 Å². The average molecular weight is 228 g/mol. The minimum absolute atomic E-state index is 0.182. The summed E-state index contributed by atoms with van der Waals surface area (Å²) < 4.78 is 0. The summed E-state index contributed by atoms with van der Waals surface area (Å²) in [5, 5.41) is 6.08. The van der Waals surface area contributed by atoms with Crippen molar-refractivity contribution in [3.63, 3.8) is 0 Å². The van der Waals surface area contributed by atoms with Gasteiger partial charge in [0.1, 0.15) is 0 Å². The maximum Gasteiger partial charge on any atom is 0.220 e. The molecule has 2 N–H and O–H groups in total. The molecule has 0 aromatic heterocycles. The lowest BCUT2D eigenvalue weighted by atomic mass is 9.85. The van der Waals surface area contributed by atoms with Crippen molar-refractivity contribution >= 4 is 5.91 Å². The molecule has 0 aromatic rings. The van der Waals surface area contributed by atoms with Gasteiger partial charge in [-0.1, -0.05) is 27.7 Å². The van der Waals surface area contributed by atoms with Crippen molar-refractivity contribution in [1.29, 1.82) is 0 Å². The highest BCUT2D eigenvalue weighted by Gasteiger charge is 2.17. The third-order valence-electron chi connectivity index (χ3n) is 3.08. The summed E-state index contributed by atoms with van der Waals surface area (Å²) in [7, 11) is 1.91. The first-order chi connectivity index (χ1) is 7.49. The lowest BCUT2D eigenvalue weighted by Crippen LogP contribution is -2.34. The summed E-state index contributed by atoms with van der Waals surface area (Å²) in [5.41, 5.74) is 0. The third-order valence-corrected chi connectivity index (χ3v) is 3.08. The smallest absolute Gasteiger partial charge is 0.220 e. The lowest BCUT2D eigenvalue weighted by Gasteiger charge is -2.25. The second-order valence-electron chi connectivity index (χ2n) is 5.16. The Hall–Kier alpha value is -0.570. The topological polar surface area (TPSA) is 41.1 Å². The van der Waals surface area contributed by atoms with Crippen molar-refractivity contribution in [3.8, 4) is 0 Å². The Morgan fingerprint density at radius 1 is 1.12 bits per heavy atom.